The topological polar surface area (TPSA) is 20.2 Å². The van der Waals surface area contributed by atoms with Gasteiger partial charge in [0, 0.05) is 6.61 Å². The second-order valence-electron chi connectivity index (χ2n) is 5.92. The van der Waals surface area contributed by atoms with Crippen molar-refractivity contribution in [3.63, 3.8) is 0 Å². The third-order valence-electron chi connectivity index (χ3n) is 4.30. The average Bonchev–Trinajstić information content (AvgIpc) is 2.52. The molecule has 0 aliphatic heterocycles. The molecule has 21 heavy (non-hydrogen) atoms. The second kappa shape index (κ2) is 8.84. The predicted octanol–water partition coefficient (Wildman–Crippen LogP) is 5.28. The number of hydrogen-bond donors (Lipinski definition) is 1. The van der Waals surface area contributed by atoms with Crippen LogP contribution in [-0.2, 0) is 12.8 Å². The lowest BCUT2D eigenvalue weighted by molar-refractivity contribution is 0.299. The Labute approximate surface area is 129 Å². The number of rotatable bonds is 9. The van der Waals surface area contributed by atoms with Gasteiger partial charge in [-0.15, -0.1) is 0 Å². The molecule has 0 aliphatic carbocycles. The Bertz CT molecular complexity index is 545. The van der Waals surface area contributed by atoms with Gasteiger partial charge in [-0.1, -0.05) is 75.4 Å². The van der Waals surface area contributed by atoms with Gasteiger partial charge < -0.3 is 5.11 Å². The summed E-state index contributed by atoms with van der Waals surface area (Å²) in [6.07, 6.45) is 9.91. The minimum atomic E-state index is 0.234. The number of aliphatic hydroxyl groups excluding tert-OH is 1. The summed E-state index contributed by atoms with van der Waals surface area (Å²) >= 11 is 0. The summed E-state index contributed by atoms with van der Waals surface area (Å²) in [5.74, 6) is 0. The van der Waals surface area contributed by atoms with Crippen molar-refractivity contribution >= 4 is 10.8 Å². The summed E-state index contributed by atoms with van der Waals surface area (Å²) in [6.45, 7) is 2.49. The lowest BCUT2D eigenvalue weighted by Crippen LogP contribution is -1.99. The van der Waals surface area contributed by atoms with E-state index < -0.39 is 0 Å². The van der Waals surface area contributed by atoms with Crippen molar-refractivity contribution in [1.82, 2.24) is 0 Å². The molecule has 1 N–H and O–H groups in total. The minimum Gasteiger partial charge on any atom is -0.396 e. The van der Waals surface area contributed by atoms with E-state index in [9.17, 15) is 5.11 Å². The molecule has 0 fully saturated rings. The third-order valence-corrected chi connectivity index (χ3v) is 4.30. The summed E-state index contributed by atoms with van der Waals surface area (Å²) in [5, 5.41) is 12.0. The zero-order valence-corrected chi connectivity index (χ0v) is 13.3. The molecule has 2 rings (SSSR count). The molecule has 0 aliphatic rings. The highest BCUT2D eigenvalue weighted by molar-refractivity contribution is 5.86. The Kier molecular flexibility index (Phi) is 6.75. The quantitative estimate of drug-likeness (QED) is 0.621. The van der Waals surface area contributed by atoms with Gasteiger partial charge in [0.25, 0.3) is 0 Å². The maximum absolute atomic E-state index is 9.37. The first kappa shape index (κ1) is 16.0. The Hall–Kier alpha value is -1.34. The molecule has 0 saturated heterocycles. The van der Waals surface area contributed by atoms with E-state index in [2.05, 4.69) is 43.3 Å². The van der Waals surface area contributed by atoms with E-state index in [1.807, 2.05) is 0 Å². The molecule has 0 heterocycles. The largest absolute Gasteiger partial charge is 0.396 e. The molecular weight excluding hydrogens is 256 g/mol. The van der Waals surface area contributed by atoms with Crippen LogP contribution in [0.2, 0.25) is 0 Å². The lowest BCUT2D eigenvalue weighted by atomic mass is 9.93. The van der Waals surface area contributed by atoms with E-state index >= 15 is 0 Å². The Morgan fingerprint density at radius 2 is 1.57 bits per heavy atom. The van der Waals surface area contributed by atoms with Gasteiger partial charge in [-0.3, -0.25) is 0 Å². The fourth-order valence-corrected chi connectivity index (χ4v) is 3.12. The van der Waals surface area contributed by atoms with E-state index in [1.54, 1.807) is 0 Å². The Morgan fingerprint density at radius 3 is 2.38 bits per heavy atom. The van der Waals surface area contributed by atoms with Crippen molar-refractivity contribution in [2.45, 2.75) is 58.3 Å². The first-order valence-electron chi connectivity index (χ1n) is 8.47. The van der Waals surface area contributed by atoms with Crippen LogP contribution in [0.1, 0.15) is 56.6 Å². The normalized spacial score (nSPS) is 11.1. The zero-order chi connectivity index (χ0) is 14.9. The Balaban J connectivity index is 2.03. The molecule has 0 spiro atoms. The van der Waals surface area contributed by atoms with Crippen LogP contribution < -0.4 is 0 Å². The van der Waals surface area contributed by atoms with Crippen molar-refractivity contribution in [1.29, 1.82) is 0 Å². The molecular formula is C20H28O. The number of hydrogen-bond acceptors (Lipinski definition) is 1. The van der Waals surface area contributed by atoms with Crippen molar-refractivity contribution in [2.75, 3.05) is 6.61 Å². The maximum Gasteiger partial charge on any atom is 0.0471 e. The van der Waals surface area contributed by atoms with Crippen molar-refractivity contribution in [3.05, 3.63) is 47.5 Å². The first-order chi connectivity index (χ1) is 10.4. The van der Waals surface area contributed by atoms with Gasteiger partial charge in [-0.25, -0.2) is 0 Å². The average molecular weight is 284 g/mol. The third kappa shape index (κ3) is 4.57. The van der Waals surface area contributed by atoms with Crippen molar-refractivity contribution in [2.24, 2.45) is 0 Å². The smallest absolute Gasteiger partial charge is 0.0471 e. The molecule has 2 aromatic rings. The van der Waals surface area contributed by atoms with Gasteiger partial charge in [0.2, 0.25) is 0 Å². The number of aliphatic hydroxyl groups is 1. The fourth-order valence-electron chi connectivity index (χ4n) is 3.12. The van der Waals surface area contributed by atoms with Crippen LogP contribution in [0.15, 0.2) is 36.4 Å². The molecule has 0 atom stereocenters. The summed E-state index contributed by atoms with van der Waals surface area (Å²) in [6, 6.07) is 13.0. The molecule has 0 unspecified atom stereocenters. The van der Waals surface area contributed by atoms with E-state index in [4.69, 9.17) is 0 Å². The number of fused-ring (bicyclic) bond motifs is 1. The number of aryl methyl sites for hydroxylation is 1. The molecule has 0 bridgehead atoms. The van der Waals surface area contributed by atoms with Gasteiger partial charge in [0.1, 0.15) is 0 Å². The molecule has 1 heteroatoms. The highest BCUT2D eigenvalue weighted by atomic mass is 16.2. The van der Waals surface area contributed by atoms with Crippen LogP contribution in [0.3, 0.4) is 0 Å². The van der Waals surface area contributed by atoms with Crippen LogP contribution in [-0.4, -0.2) is 11.7 Å². The van der Waals surface area contributed by atoms with Gasteiger partial charge in [-0.05, 0) is 41.2 Å². The summed E-state index contributed by atoms with van der Waals surface area (Å²) in [7, 11) is 0. The van der Waals surface area contributed by atoms with Gasteiger partial charge >= 0.3 is 0 Å². The van der Waals surface area contributed by atoms with Gasteiger partial charge in [0.15, 0.2) is 0 Å². The second-order valence-corrected chi connectivity index (χ2v) is 5.92. The van der Waals surface area contributed by atoms with E-state index in [0.717, 1.165) is 12.8 Å². The monoisotopic (exact) mass is 284 g/mol. The molecule has 0 amide bonds. The van der Waals surface area contributed by atoms with E-state index in [1.165, 1.54) is 60.4 Å². The lowest BCUT2D eigenvalue weighted by Gasteiger charge is -2.12. The van der Waals surface area contributed by atoms with E-state index in [0.29, 0.717) is 0 Å². The molecule has 2 aromatic carbocycles. The van der Waals surface area contributed by atoms with Gasteiger partial charge in [-0.2, -0.15) is 0 Å². The van der Waals surface area contributed by atoms with Crippen molar-refractivity contribution in [3.8, 4) is 0 Å². The highest BCUT2D eigenvalue weighted by Crippen LogP contribution is 2.24. The highest BCUT2D eigenvalue weighted by Gasteiger charge is 2.07. The molecule has 0 aromatic heterocycles. The van der Waals surface area contributed by atoms with Crippen molar-refractivity contribution < 1.29 is 5.11 Å². The van der Waals surface area contributed by atoms with E-state index in [-0.39, 0.29) is 6.61 Å². The van der Waals surface area contributed by atoms with Crippen LogP contribution in [0.25, 0.3) is 10.8 Å². The van der Waals surface area contributed by atoms with Gasteiger partial charge in [0.05, 0.1) is 0 Å². The van der Waals surface area contributed by atoms with Crippen LogP contribution >= 0.6 is 0 Å². The number of benzene rings is 2. The molecule has 1 nitrogen and oxygen atoms in total. The molecule has 0 radical (unpaired) electrons. The first-order valence-corrected chi connectivity index (χ1v) is 8.47. The summed E-state index contributed by atoms with van der Waals surface area (Å²) in [5.41, 5.74) is 2.78. The number of unbranched alkanes of at least 4 members (excludes halogenated alkanes) is 5. The summed E-state index contributed by atoms with van der Waals surface area (Å²) < 4.78 is 0. The van der Waals surface area contributed by atoms with Crippen LogP contribution in [0, 0.1) is 0 Å². The molecule has 0 saturated carbocycles. The van der Waals surface area contributed by atoms with Crippen LogP contribution in [0.4, 0.5) is 0 Å². The maximum atomic E-state index is 9.37. The standard InChI is InChI=1S/C20H28O/c1-2-3-4-5-6-7-10-18-14-13-17-11-8-9-12-19(17)20(18)15-16-21/h8-9,11-14,21H,2-7,10,15-16H2,1H3. The Morgan fingerprint density at radius 1 is 0.810 bits per heavy atom. The zero-order valence-electron chi connectivity index (χ0n) is 13.3. The predicted molar refractivity (Wildman–Crippen MR) is 91.8 cm³/mol. The van der Waals surface area contributed by atoms with Crippen LogP contribution in [0.5, 0.6) is 0 Å². The minimum absolute atomic E-state index is 0.234. The fraction of sp³-hybridized carbons (Fsp3) is 0.500. The SMILES string of the molecule is CCCCCCCCc1ccc2ccccc2c1CCO. The summed E-state index contributed by atoms with van der Waals surface area (Å²) in [4.78, 5) is 0. The molecule has 114 valence electrons.